The van der Waals surface area contributed by atoms with Crippen molar-refractivity contribution in [2.45, 2.75) is 50.4 Å². The molecular formula is C20H28N4O3. The number of aromatic amines is 1. The number of amides is 1. The van der Waals surface area contributed by atoms with E-state index in [9.17, 15) is 9.59 Å². The molecule has 7 nitrogen and oxygen atoms in total. The molecule has 0 radical (unpaired) electrons. The molecule has 1 N–H and O–H groups in total. The summed E-state index contributed by atoms with van der Waals surface area (Å²) in [5, 5.41) is 0. The van der Waals surface area contributed by atoms with Gasteiger partial charge in [0.15, 0.2) is 0 Å². The van der Waals surface area contributed by atoms with Crippen LogP contribution in [0.4, 0.5) is 5.95 Å². The minimum Gasteiger partial charge on any atom is -0.378 e. The zero-order chi connectivity index (χ0) is 18.4. The Labute approximate surface area is 159 Å². The fourth-order valence-electron chi connectivity index (χ4n) is 5.12. The summed E-state index contributed by atoms with van der Waals surface area (Å²) in [6.45, 7) is 4.47. The molecule has 146 valence electrons. The van der Waals surface area contributed by atoms with Crippen molar-refractivity contribution in [1.29, 1.82) is 0 Å². The van der Waals surface area contributed by atoms with Gasteiger partial charge >= 0.3 is 0 Å². The van der Waals surface area contributed by atoms with Gasteiger partial charge in [-0.15, -0.1) is 0 Å². The van der Waals surface area contributed by atoms with Crippen LogP contribution in [-0.4, -0.2) is 60.2 Å². The molecule has 1 spiro atoms. The zero-order valence-electron chi connectivity index (χ0n) is 15.8. The summed E-state index contributed by atoms with van der Waals surface area (Å²) in [5.41, 5.74) is 1.86. The number of H-pyrrole nitrogens is 1. The standard InChI is InChI=1S/C20H28N4O3/c25-17-15-4-5-20(6-8-23(9-7-20)18(26)14-2-1-3-14)16(15)21-19(22-17)24-10-12-27-13-11-24/h14H,1-13H2,(H,21,22,25). The first kappa shape index (κ1) is 17.2. The van der Waals surface area contributed by atoms with Crippen LogP contribution in [0.5, 0.6) is 0 Å². The molecule has 0 aromatic carbocycles. The number of rotatable bonds is 2. The molecule has 3 fully saturated rings. The Morgan fingerprint density at radius 3 is 2.52 bits per heavy atom. The number of morpholine rings is 1. The van der Waals surface area contributed by atoms with Crippen molar-refractivity contribution >= 4 is 11.9 Å². The Kier molecular flexibility index (Phi) is 4.22. The number of carbonyl (C=O) groups is 1. The maximum Gasteiger partial charge on any atom is 0.255 e. The van der Waals surface area contributed by atoms with Gasteiger partial charge < -0.3 is 14.5 Å². The van der Waals surface area contributed by atoms with E-state index in [1.54, 1.807) is 0 Å². The highest BCUT2D eigenvalue weighted by Crippen LogP contribution is 2.45. The Morgan fingerprint density at radius 2 is 1.85 bits per heavy atom. The molecule has 27 heavy (non-hydrogen) atoms. The lowest BCUT2D eigenvalue weighted by Crippen LogP contribution is -2.48. The van der Waals surface area contributed by atoms with E-state index in [2.05, 4.69) is 14.8 Å². The maximum atomic E-state index is 12.7. The van der Waals surface area contributed by atoms with Crippen LogP contribution < -0.4 is 10.5 Å². The van der Waals surface area contributed by atoms with Crippen molar-refractivity contribution in [3.63, 3.8) is 0 Å². The maximum absolute atomic E-state index is 12.7. The van der Waals surface area contributed by atoms with Gasteiger partial charge in [0.25, 0.3) is 5.56 Å². The summed E-state index contributed by atoms with van der Waals surface area (Å²) in [4.78, 5) is 37.4. The average molecular weight is 372 g/mol. The van der Waals surface area contributed by atoms with Crippen molar-refractivity contribution in [2.24, 2.45) is 5.92 Å². The first-order valence-corrected chi connectivity index (χ1v) is 10.4. The van der Waals surface area contributed by atoms with Crippen molar-refractivity contribution in [2.75, 3.05) is 44.3 Å². The van der Waals surface area contributed by atoms with Crippen molar-refractivity contribution in [3.8, 4) is 0 Å². The van der Waals surface area contributed by atoms with Crippen LogP contribution in [0.1, 0.15) is 49.8 Å². The lowest BCUT2D eigenvalue weighted by molar-refractivity contribution is -0.139. The van der Waals surface area contributed by atoms with Crippen LogP contribution >= 0.6 is 0 Å². The Bertz CT molecular complexity index is 787. The third-order valence-corrected chi connectivity index (χ3v) is 7.16. The van der Waals surface area contributed by atoms with E-state index in [-0.39, 0.29) is 16.9 Å². The number of fused-ring (bicyclic) bond motifs is 2. The molecule has 2 aliphatic carbocycles. The van der Waals surface area contributed by atoms with Gasteiger partial charge in [0.2, 0.25) is 11.9 Å². The van der Waals surface area contributed by atoms with Crippen LogP contribution in [0.2, 0.25) is 0 Å². The molecule has 5 rings (SSSR count). The molecule has 2 aliphatic heterocycles. The van der Waals surface area contributed by atoms with Gasteiger partial charge in [-0.2, -0.15) is 0 Å². The fourth-order valence-corrected chi connectivity index (χ4v) is 5.12. The molecule has 1 saturated carbocycles. The third-order valence-electron chi connectivity index (χ3n) is 7.16. The summed E-state index contributed by atoms with van der Waals surface area (Å²) >= 11 is 0. The number of carbonyl (C=O) groups excluding carboxylic acids is 1. The highest BCUT2D eigenvalue weighted by Gasteiger charge is 2.45. The molecule has 4 aliphatic rings. The van der Waals surface area contributed by atoms with Gasteiger partial charge in [-0.1, -0.05) is 6.42 Å². The van der Waals surface area contributed by atoms with Crippen molar-refractivity contribution < 1.29 is 9.53 Å². The monoisotopic (exact) mass is 372 g/mol. The average Bonchev–Trinajstić information content (AvgIpc) is 3.00. The summed E-state index contributed by atoms with van der Waals surface area (Å²) in [6.07, 6.45) is 6.95. The number of ether oxygens (including phenoxy) is 1. The van der Waals surface area contributed by atoms with Gasteiger partial charge in [0.1, 0.15) is 0 Å². The quantitative estimate of drug-likeness (QED) is 0.844. The molecule has 1 amide bonds. The van der Waals surface area contributed by atoms with Crippen LogP contribution in [0, 0.1) is 5.92 Å². The minimum absolute atomic E-state index is 0.0198. The molecule has 0 atom stereocenters. The summed E-state index contributed by atoms with van der Waals surface area (Å²) < 4.78 is 5.42. The molecule has 0 bridgehead atoms. The number of anilines is 1. The summed E-state index contributed by atoms with van der Waals surface area (Å²) in [7, 11) is 0. The van der Waals surface area contributed by atoms with E-state index in [1.807, 2.05) is 0 Å². The highest BCUT2D eigenvalue weighted by molar-refractivity contribution is 5.79. The van der Waals surface area contributed by atoms with Gasteiger partial charge in [0, 0.05) is 43.1 Å². The first-order chi connectivity index (χ1) is 13.2. The molecule has 7 heteroatoms. The van der Waals surface area contributed by atoms with Gasteiger partial charge in [-0.3, -0.25) is 14.6 Å². The van der Waals surface area contributed by atoms with E-state index >= 15 is 0 Å². The number of piperidine rings is 1. The molecule has 1 aromatic heterocycles. The predicted octanol–water partition coefficient (Wildman–Crippen LogP) is 1.21. The number of nitrogens with one attached hydrogen (secondary N) is 1. The van der Waals surface area contributed by atoms with Gasteiger partial charge in [-0.25, -0.2) is 4.98 Å². The first-order valence-electron chi connectivity index (χ1n) is 10.4. The van der Waals surface area contributed by atoms with Crippen molar-refractivity contribution in [3.05, 3.63) is 21.6 Å². The van der Waals surface area contributed by atoms with Crippen LogP contribution in [0.3, 0.4) is 0 Å². The van der Waals surface area contributed by atoms with Gasteiger partial charge in [0.05, 0.1) is 18.9 Å². The lowest BCUT2D eigenvalue weighted by atomic mass is 9.75. The molecule has 0 unspecified atom stereocenters. The number of nitrogens with zero attached hydrogens (tertiary/aromatic N) is 3. The predicted molar refractivity (Wildman–Crippen MR) is 101 cm³/mol. The Morgan fingerprint density at radius 1 is 1.11 bits per heavy atom. The van der Waals surface area contributed by atoms with Crippen LogP contribution in [0.25, 0.3) is 0 Å². The Hall–Kier alpha value is -1.89. The van der Waals surface area contributed by atoms with Crippen LogP contribution in [-0.2, 0) is 21.4 Å². The second-order valence-corrected chi connectivity index (χ2v) is 8.55. The Balaban J connectivity index is 1.38. The number of hydrogen-bond donors (Lipinski definition) is 1. The van der Waals surface area contributed by atoms with Crippen molar-refractivity contribution in [1.82, 2.24) is 14.9 Å². The van der Waals surface area contributed by atoms with E-state index in [0.717, 1.165) is 76.0 Å². The second-order valence-electron chi connectivity index (χ2n) is 8.55. The van der Waals surface area contributed by atoms with E-state index in [0.29, 0.717) is 25.1 Å². The normalized spacial score (nSPS) is 24.7. The molecule has 1 aromatic rings. The zero-order valence-corrected chi connectivity index (χ0v) is 15.8. The van der Waals surface area contributed by atoms with E-state index < -0.39 is 0 Å². The number of aromatic nitrogens is 2. The second kappa shape index (κ2) is 6.62. The SMILES string of the molecule is O=C(C1CCC1)N1CCC2(CCc3c2nc(N2CCOCC2)[nH]c3=O)CC1. The largest absolute Gasteiger partial charge is 0.378 e. The van der Waals surface area contributed by atoms with E-state index in [1.165, 1.54) is 6.42 Å². The smallest absolute Gasteiger partial charge is 0.255 e. The van der Waals surface area contributed by atoms with E-state index in [4.69, 9.17) is 9.72 Å². The molecule has 2 saturated heterocycles. The van der Waals surface area contributed by atoms with Crippen LogP contribution in [0.15, 0.2) is 4.79 Å². The molecular weight excluding hydrogens is 344 g/mol. The summed E-state index contributed by atoms with van der Waals surface area (Å²) in [6, 6.07) is 0. The summed E-state index contributed by atoms with van der Waals surface area (Å²) in [5.74, 6) is 1.31. The minimum atomic E-state index is -0.0268. The molecule has 3 heterocycles. The third kappa shape index (κ3) is 2.87. The highest BCUT2D eigenvalue weighted by atomic mass is 16.5. The number of likely N-dealkylation sites (tertiary alicyclic amines) is 1. The fraction of sp³-hybridized carbons (Fsp3) is 0.750. The topological polar surface area (TPSA) is 78.5 Å². The van der Waals surface area contributed by atoms with Gasteiger partial charge in [-0.05, 0) is 38.5 Å². The lowest BCUT2D eigenvalue weighted by Gasteiger charge is -2.41. The number of hydrogen-bond acceptors (Lipinski definition) is 5.